The van der Waals surface area contributed by atoms with Gasteiger partial charge in [0.15, 0.2) is 23.0 Å². The monoisotopic (exact) mass is 1440 g/mol. The van der Waals surface area contributed by atoms with Gasteiger partial charge < -0.3 is 28.4 Å². The standard InChI is InChI=1S/C88H138N6O6S2/c1-7-13-19-25-31-37-43-49-63-95-79-69-75(70-80(96-64-50-44-38-32-26-20-14-8-2)83(79)99-67-53-47-41-35-29-23-17-11-5)87-93-91-85(101-87)73-55-59-77(60-56-73)89-90-78-61-57-74(58-62-78)86-92-94-88(102-86)76-71-81(97-65-51-45-39-33-27-21-15-9-3)84(100-68-54-48-42-36-30-24-18-12-6)82(72-76)98-66-52-46-40-34-28-22-16-10-4/h55-62,69-72H,7-54,63-68H2,1-6H3. The van der Waals surface area contributed by atoms with Crippen molar-refractivity contribution in [2.75, 3.05) is 39.6 Å². The lowest BCUT2D eigenvalue weighted by Gasteiger charge is -2.18. The maximum absolute atomic E-state index is 6.71. The summed E-state index contributed by atoms with van der Waals surface area (Å²) in [7, 11) is 0. The second-order valence-electron chi connectivity index (χ2n) is 28.7. The highest BCUT2D eigenvalue weighted by molar-refractivity contribution is 7.18. The Morgan fingerprint density at radius 2 is 0.412 bits per heavy atom. The molecule has 0 bridgehead atoms. The van der Waals surface area contributed by atoms with Crippen LogP contribution < -0.4 is 28.4 Å². The number of hydrogen-bond acceptors (Lipinski definition) is 14. The largest absolute Gasteiger partial charge is 0.490 e. The fourth-order valence-electron chi connectivity index (χ4n) is 13.0. The molecule has 0 saturated carbocycles. The minimum Gasteiger partial charge on any atom is -0.490 e. The van der Waals surface area contributed by atoms with Crippen LogP contribution in [0, 0.1) is 0 Å². The molecule has 0 aliphatic carbocycles. The molecule has 0 unspecified atom stereocenters. The SMILES string of the molecule is CCCCCCCCCCOc1cc(-c2nnc(-c3ccc(N=Nc4ccc(-c5nnc(-c6cc(OCCCCCCCCCC)c(OCCCCCCCCCC)c(OCCCCCCCCCC)c6)s5)cc4)cc3)s2)cc(OCCCCCCCCCC)c1OCCCCCCCCCC. The molecule has 12 nitrogen and oxygen atoms in total. The Morgan fingerprint density at radius 1 is 0.225 bits per heavy atom. The van der Waals surface area contributed by atoms with Crippen LogP contribution in [-0.2, 0) is 0 Å². The molecule has 0 aliphatic rings. The summed E-state index contributed by atoms with van der Waals surface area (Å²) in [5.41, 5.74) is 5.25. The third kappa shape index (κ3) is 35.9. The molecule has 2 aromatic heterocycles. The summed E-state index contributed by atoms with van der Waals surface area (Å²) in [6.07, 6.45) is 59.7. The van der Waals surface area contributed by atoms with Gasteiger partial charge in [-0.3, -0.25) is 0 Å². The van der Waals surface area contributed by atoms with Crippen molar-refractivity contribution < 1.29 is 28.4 Å². The summed E-state index contributed by atoms with van der Waals surface area (Å²) >= 11 is 3.13. The zero-order valence-electron chi connectivity index (χ0n) is 65.1. The molecule has 0 spiro atoms. The molecule has 102 heavy (non-hydrogen) atoms. The van der Waals surface area contributed by atoms with Gasteiger partial charge in [-0.05, 0) is 111 Å². The maximum Gasteiger partial charge on any atom is 0.203 e. The third-order valence-electron chi connectivity index (χ3n) is 19.4. The summed E-state index contributed by atoms with van der Waals surface area (Å²) < 4.78 is 40.2. The Labute approximate surface area is 628 Å². The summed E-state index contributed by atoms with van der Waals surface area (Å²) in [6.45, 7) is 17.5. The smallest absolute Gasteiger partial charge is 0.203 e. The van der Waals surface area contributed by atoms with Crippen molar-refractivity contribution in [2.45, 2.75) is 350 Å². The highest BCUT2D eigenvalue weighted by Crippen LogP contribution is 2.46. The highest BCUT2D eigenvalue weighted by Gasteiger charge is 2.22. The molecule has 6 aromatic rings. The van der Waals surface area contributed by atoms with Crippen molar-refractivity contribution in [1.82, 2.24) is 20.4 Å². The number of azo groups is 1. The molecule has 568 valence electrons. The van der Waals surface area contributed by atoms with Gasteiger partial charge in [-0.1, -0.05) is 334 Å². The van der Waals surface area contributed by atoms with E-state index in [1.54, 1.807) is 22.7 Å². The number of hydrogen-bond donors (Lipinski definition) is 0. The molecule has 6 rings (SSSR count). The normalized spacial score (nSPS) is 11.5. The third-order valence-corrected chi connectivity index (χ3v) is 21.4. The zero-order valence-corrected chi connectivity index (χ0v) is 66.7. The average molecular weight is 1440 g/mol. The maximum atomic E-state index is 6.71. The Hall–Kier alpha value is -5.60. The highest BCUT2D eigenvalue weighted by atomic mass is 32.1. The Balaban J connectivity index is 1.14. The lowest BCUT2D eigenvalue weighted by atomic mass is 10.1. The van der Waals surface area contributed by atoms with Crippen LogP contribution in [0.3, 0.4) is 0 Å². The lowest BCUT2D eigenvalue weighted by Crippen LogP contribution is -2.06. The minimum absolute atomic E-state index is 0.631. The molecule has 0 aliphatic heterocycles. The number of nitrogens with zero attached hydrogens (tertiary/aromatic N) is 6. The number of ether oxygens (including phenoxy) is 6. The second kappa shape index (κ2) is 56.7. The Kier molecular flexibility index (Phi) is 47.5. The van der Waals surface area contributed by atoms with Gasteiger partial charge in [0.25, 0.3) is 0 Å². The summed E-state index contributed by atoms with van der Waals surface area (Å²) in [5.74, 6) is 4.37. The molecule has 0 saturated heterocycles. The van der Waals surface area contributed by atoms with Crippen LogP contribution >= 0.6 is 22.7 Å². The van der Waals surface area contributed by atoms with Crippen LogP contribution in [0.5, 0.6) is 34.5 Å². The Bertz CT molecular complexity index is 2750. The predicted octanol–water partition coefficient (Wildman–Crippen LogP) is 29.6. The van der Waals surface area contributed by atoms with E-state index in [1.165, 1.54) is 231 Å². The van der Waals surface area contributed by atoms with E-state index in [-0.39, 0.29) is 0 Å². The molecular formula is C88H138N6O6S2. The van der Waals surface area contributed by atoms with E-state index in [0.717, 1.165) is 165 Å². The summed E-state index contributed by atoms with van der Waals surface area (Å²) in [6, 6.07) is 24.5. The van der Waals surface area contributed by atoms with Gasteiger partial charge in [-0.25, -0.2) is 0 Å². The van der Waals surface area contributed by atoms with E-state index in [2.05, 4.69) is 76.0 Å². The van der Waals surface area contributed by atoms with Gasteiger partial charge in [0.05, 0.1) is 51.0 Å². The van der Waals surface area contributed by atoms with E-state index in [1.807, 2.05) is 48.5 Å². The van der Waals surface area contributed by atoms with Gasteiger partial charge in [0.1, 0.15) is 20.0 Å². The molecule has 0 N–H and O–H groups in total. The zero-order chi connectivity index (χ0) is 71.8. The first-order valence-corrected chi connectivity index (χ1v) is 43.5. The van der Waals surface area contributed by atoms with Crippen LogP contribution in [0.1, 0.15) is 350 Å². The second-order valence-corrected chi connectivity index (χ2v) is 30.6. The van der Waals surface area contributed by atoms with E-state index in [0.29, 0.717) is 39.6 Å². The number of unbranched alkanes of at least 4 members (excludes halogenated alkanes) is 42. The van der Waals surface area contributed by atoms with Crippen molar-refractivity contribution in [3.8, 4) is 76.8 Å². The topological polar surface area (TPSA) is 132 Å². The fraction of sp³-hybridized carbons (Fsp3) is 0.682. The van der Waals surface area contributed by atoms with Crippen molar-refractivity contribution in [3.63, 3.8) is 0 Å². The van der Waals surface area contributed by atoms with Gasteiger partial charge in [-0.15, -0.1) is 20.4 Å². The van der Waals surface area contributed by atoms with Gasteiger partial charge >= 0.3 is 0 Å². The van der Waals surface area contributed by atoms with Crippen molar-refractivity contribution in [3.05, 3.63) is 72.8 Å². The molecular weight excluding hydrogens is 1300 g/mol. The molecule has 14 heteroatoms. The number of benzene rings is 4. The van der Waals surface area contributed by atoms with Crippen LogP contribution in [0.15, 0.2) is 83.0 Å². The fourth-order valence-corrected chi connectivity index (χ4v) is 14.6. The van der Waals surface area contributed by atoms with Crippen LogP contribution in [-0.4, -0.2) is 60.0 Å². The average Bonchev–Trinajstić information content (AvgIpc) is 1.46. The first-order chi connectivity index (χ1) is 50.5. The molecule has 0 amide bonds. The molecule has 2 heterocycles. The van der Waals surface area contributed by atoms with Crippen molar-refractivity contribution in [1.29, 1.82) is 0 Å². The summed E-state index contributed by atoms with van der Waals surface area (Å²) in [5, 5.41) is 31.6. The lowest BCUT2D eigenvalue weighted by molar-refractivity contribution is 0.234. The Morgan fingerprint density at radius 3 is 0.627 bits per heavy atom. The molecule has 0 radical (unpaired) electrons. The molecule has 0 fully saturated rings. The van der Waals surface area contributed by atoms with Crippen LogP contribution in [0.25, 0.3) is 42.3 Å². The summed E-state index contributed by atoms with van der Waals surface area (Å²) in [4.78, 5) is 0. The predicted molar refractivity (Wildman–Crippen MR) is 434 cm³/mol. The van der Waals surface area contributed by atoms with Gasteiger partial charge in [-0.2, -0.15) is 10.2 Å². The first kappa shape index (κ1) is 85.3. The van der Waals surface area contributed by atoms with Crippen molar-refractivity contribution in [2.24, 2.45) is 10.2 Å². The van der Waals surface area contributed by atoms with E-state index < -0.39 is 0 Å². The van der Waals surface area contributed by atoms with E-state index in [4.69, 9.17) is 48.8 Å². The van der Waals surface area contributed by atoms with E-state index >= 15 is 0 Å². The van der Waals surface area contributed by atoms with E-state index in [9.17, 15) is 0 Å². The van der Waals surface area contributed by atoms with Crippen LogP contribution in [0.4, 0.5) is 11.4 Å². The van der Waals surface area contributed by atoms with Crippen molar-refractivity contribution >= 4 is 34.0 Å². The van der Waals surface area contributed by atoms with Crippen LogP contribution in [0.2, 0.25) is 0 Å². The first-order valence-electron chi connectivity index (χ1n) is 41.9. The van der Waals surface area contributed by atoms with Gasteiger partial charge in [0, 0.05) is 22.3 Å². The quantitative estimate of drug-likeness (QED) is 0.0269. The molecule has 4 aromatic carbocycles. The number of rotatable bonds is 66. The molecule has 0 atom stereocenters. The van der Waals surface area contributed by atoms with Gasteiger partial charge in [0.2, 0.25) is 11.5 Å². The number of aromatic nitrogens is 4. The minimum atomic E-state index is 0.631.